The molecule has 0 aliphatic rings. The van der Waals surface area contributed by atoms with Crippen molar-refractivity contribution in [2.45, 2.75) is 20.4 Å². The lowest BCUT2D eigenvalue weighted by atomic mass is 10.1. The first-order chi connectivity index (χ1) is 10.0. The number of aryl methyl sites for hydroxylation is 1. The lowest BCUT2D eigenvalue weighted by molar-refractivity contribution is 0.0749. The summed E-state index contributed by atoms with van der Waals surface area (Å²) in [6, 6.07) is 12.5. The largest absolute Gasteiger partial charge is 0.507 e. The SMILES string of the molecule is CCN(Cc1cccc(N)c1)C(=O)c1cc(C)ccc1O. The van der Waals surface area contributed by atoms with Crippen LogP contribution in [0.25, 0.3) is 0 Å². The van der Waals surface area contributed by atoms with Gasteiger partial charge in [-0.1, -0.05) is 23.8 Å². The van der Waals surface area contributed by atoms with Gasteiger partial charge in [-0.2, -0.15) is 0 Å². The molecule has 1 amide bonds. The van der Waals surface area contributed by atoms with E-state index >= 15 is 0 Å². The standard InChI is InChI=1S/C17H20N2O2/c1-3-19(11-13-5-4-6-14(18)10-13)17(21)15-9-12(2)7-8-16(15)20/h4-10,20H,3,11,18H2,1-2H3. The van der Waals surface area contributed by atoms with Crippen LogP contribution in [-0.4, -0.2) is 22.5 Å². The van der Waals surface area contributed by atoms with Crippen LogP contribution in [0.4, 0.5) is 5.69 Å². The Balaban J connectivity index is 2.24. The summed E-state index contributed by atoms with van der Waals surface area (Å²) in [5.41, 5.74) is 8.68. The molecule has 0 radical (unpaired) electrons. The van der Waals surface area contributed by atoms with Crippen molar-refractivity contribution in [1.82, 2.24) is 4.90 Å². The highest BCUT2D eigenvalue weighted by molar-refractivity contribution is 5.97. The van der Waals surface area contributed by atoms with Crippen LogP contribution in [-0.2, 0) is 6.54 Å². The van der Waals surface area contributed by atoms with E-state index in [4.69, 9.17) is 5.73 Å². The monoisotopic (exact) mass is 284 g/mol. The van der Waals surface area contributed by atoms with Gasteiger partial charge in [0.15, 0.2) is 0 Å². The first-order valence-corrected chi connectivity index (χ1v) is 6.94. The molecule has 110 valence electrons. The highest BCUT2D eigenvalue weighted by atomic mass is 16.3. The van der Waals surface area contributed by atoms with Gasteiger partial charge in [0, 0.05) is 18.8 Å². The van der Waals surface area contributed by atoms with Gasteiger partial charge in [0.2, 0.25) is 0 Å². The summed E-state index contributed by atoms with van der Waals surface area (Å²) < 4.78 is 0. The summed E-state index contributed by atoms with van der Waals surface area (Å²) in [4.78, 5) is 14.3. The molecule has 0 aromatic heterocycles. The lowest BCUT2D eigenvalue weighted by Crippen LogP contribution is -2.30. The molecule has 0 atom stereocenters. The van der Waals surface area contributed by atoms with Gasteiger partial charge in [-0.05, 0) is 43.7 Å². The molecule has 0 saturated heterocycles. The molecule has 2 aromatic carbocycles. The summed E-state index contributed by atoms with van der Waals surface area (Å²) in [6.07, 6.45) is 0. The highest BCUT2D eigenvalue weighted by Crippen LogP contribution is 2.21. The number of phenolic OH excluding ortho intramolecular Hbond substituents is 1. The fourth-order valence-corrected chi connectivity index (χ4v) is 2.23. The van der Waals surface area contributed by atoms with E-state index in [0.29, 0.717) is 24.3 Å². The van der Waals surface area contributed by atoms with E-state index in [1.165, 1.54) is 0 Å². The predicted octanol–water partition coefficient (Wildman–Crippen LogP) is 2.95. The number of benzene rings is 2. The van der Waals surface area contributed by atoms with Crippen LogP contribution in [0.2, 0.25) is 0 Å². The van der Waals surface area contributed by atoms with Crippen LogP contribution in [0.3, 0.4) is 0 Å². The van der Waals surface area contributed by atoms with Crippen molar-refractivity contribution in [3.05, 3.63) is 59.2 Å². The molecule has 3 N–H and O–H groups in total. The molecule has 0 fully saturated rings. The van der Waals surface area contributed by atoms with E-state index in [1.807, 2.05) is 38.1 Å². The van der Waals surface area contributed by atoms with E-state index in [9.17, 15) is 9.90 Å². The Morgan fingerprint density at radius 1 is 1.24 bits per heavy atom. The number of nitrogen functional groups attached to an aromatic ring is 1. The normalized spacial score (nSPS) is 10.4. The Kier molecular flexibility index (Phi) is 4.48. The third-order valence-corrected chi connectivity index (χ3v) is 3.38. The summed E-state index contributed by atoms with van der Waals surface area (Å²) in [5, 5.41) is 9.89. The van der Waals surface area contributed by atoms with E-state index in [1.54, 1.807) is 23.1 Å². The van der Waals surface area contributed by atoms with Crippen LogP contribution in [0.1, 0.15) is 28.4 Å². The number of amides is 1. The molecule has 0 unspecified atom stereocenters. The number of rotatable bonds is 4. The molecule has 0 heterocycles. The van der Waals surface area contributed by atoms with E-state index < -0.39 is 0 Å². The Labute approximate surface area is 124 Å². The molecular weight excluding hydrogens is 264 g/mol. The van der Waals surface area contributed by atoms with Crippen LogP contribution >= 0.6 is 0 Å². The fraction of sp³-hybridized carbons (Fsp3) is 0.235. The summed E-state index contributed by atoms with van der Waals surface area (Å²) >= 11 is 0. The minimum Gasteiger partial charge on any atom is -0.507 e. The second-order valence-corrected chi connectivity index (χ2v) is 5.08. The van der Waals surface area contributed by atoms with Gasteiger partial charge in [-0.3, -0.25) is 4.79 Å². The number of nitrogens with two attached hydrogens (primary N) is 1. The number of hydrogen-bond acceptors (Lipinski definition) is 3. The van der Waals surface area contributed by atoms with Crippen LogP contribution in [0.15, 0.2) is 42.5 Å². The maximum atomic E-state index is 12.6. The molecule has 0 saturated carbocycles. The first kappa shape index (κ1) is 14.9. The van der Waals surface area contributed by atoms with Gasteiger partial charge in [0.1, 0.15) is 5.75 Å². The molecule has 4 nitrogen and oxygen atoms in total. The molecule has 0 aliphatic heterocycles. The maximum Gasteiger partial charge on any atom is 0.257 e. The molecule has 0 bridgehead atoms. The van der Waals surface area contributed by atoms with E-state index in [-0.39, 0.29) is 11.7 Å². The molecule has 21 heavy (non-hydrogen) atoms. The fourth-order valence-electron chi connectivity index (χ4n) is 2.23. The van der Waals surface area contributed by atoms with Crippen molar-refractivity contribution >= 4 is 11.6 Å². The highest BCUT2D eigenvalue weighted by Gasteiger charge is 2.18. The first-order valence-electron chi connectivity index (χ1n) is 6.94. The predicted molar refractivity (Wildman–Crippen MR) is 84.1 cm³/mol. The average Bonchev–Trinajstić information content (AvgIpc) is 2.46. The Hall–Kier alpha value is -2.49. The summed E-state index contributed by atoms with van der Waals surface area (Å²) in [5.74, 6) is -0.169. The molecule has 0 spiro atoms. The topological polar surface area (TPSA) is 66.6 Å². The second-order valence-electron chi connectivity index (χ2n) is 5.08. The quantitative estimate of drug-likeness (QED) is 0.848. The number of hydrogen-bond donors (Lipinski definition) is 2. The summed E-state index contributed by atoms with van der Waals surface area (Å²) in [6.45, 7) is 4.83. The molecule has 0 aliphatic carbocycles. The van der Waals surface area contributed by atoms with Gasteiger partial charge in [0.05, 0.1) is 5.56 Å². The van der Waals surface area contributed by atoms with E-state index in [0.717, 1.165) is 11.1 Å². The number of carbonyl (C=O) groups excluding carboxylic acids is 1. The van der Waals surface area contributed by atoms with Crippen molar-refractivity contribution in [3.8, 4) is 5.75 Å². The molecular formula is C17H20N2O2. The Morgan fingerprint density at radius 3 is 2.67 bits per heavy atom. The summed E-state index contributed by atoms with van der Waals surface area (Å²) in [7, 11) is 0. The van der Waals surface area contributed by atoms with Crippen LogP contribution < -0.4 is 5.73 Å². The van der Waals surface area contributed by atoms with Crippen molar-refractivity contribution in [2.24, 2.45) is 0 Å². The number of nitrogens with zero attached hydrogens (tertiary/aromatic N) is 1. The smallest absolute Gasteiger partial charge is 0.257 e. The Morgan fingerprint density at radius 2 is 2.00 bits per heavy atom. The third-order valence-electron chi connectivity index (χ3n) is 3.38. The van der Waals surface area contributed by atoms with Gasteiger partial charge >= 0.3 is 0 Å². The van der Waals surface area contributed by atoms with Crippen molar-refractivity contribution in [1.29, 1.82) is 0 Å². The molecule has 2 aromatic rings. The lowest BCUT2D eigenvalue weighted by Gasteiger charge is -2.22. The zero-order chi connectivity index (χ0) is 15.4. The van der Waals surface area contributed by atoms with E-state index in [2.05, 4.69) is 0 Å². The Bertz CT molecular complexity index is 653. The minimum absolute atomic E-state index is 0.0108. The van der Waals surface area contributed by atoms with Crippen molar-refractivity contribution < 1.29 is 9.90 Å². The van der Waals surface area contributed by atoms with Gasteiger partial charge < -0.3 is 15.7 Å². The zero-order valence-electron chi connectivity index (χ0n) is 12.3. The molecule has 4 heteroatoms. The number of aromatic hydroxyl groups is 1. The number of phenols is 1. The maximum absolute atomic E-state index is 12.6. The van der Waals surface area contributed by atoms with Crippen molar-refractivity contribution in [2.75, 3.05) is 12.3 Å². The number of anilines is 1. The van der Waals surface area contributed by atoms with Gasteiger partial charge in [-0.15, -0.1) is 0 Å². The van der Waals surface area contributed by atoms with Crippen molar-refractivity contribution in [3.63, 3.8) is 0 Å². The minimum atomic E-state index is -0.180. The average molecular weight is 284 g/mol. The van der Waals surface area contributed by atoms with Gasteiger partial charge in [0.25, 0.3) is 5.91 Å². The van der Waals surface area contributed by atoms with Crippen LogP contribution in [0, 0.1) is 6.92 Å². The third kappa shape index (κ3) is 3.54. The van der Waals surface area contributed by atoms with Crippen LogP contribution in [0.5, 0.6) is 5.75 Å². The second kappa shape index (κ2) is 6.31. The zero-order valence-corrected chi connectivity index (χ0v) is 12.3. The van der Waals surface area contributed by atoms with Gasteiger partial charge in [-0.25, -0.2) is 0 Å². The molecule has 2 rings (SSSR count). The number of carbonyl (C=O) groups is 1.